The van der Waals surface area contributed by atoms with Crippen molar-refractivity contribution in [2.45, 2.75) is 51.6 Å². The van der Waals surface area contributed by atoms with Crippen LogP contribution in [0.4, 0.5) is 29.1 Å². The Morgan fingerprint density at radius 3 is 2.55 bits per heavy atom. The van der Waals surface area contributed by atoms with Crippen LogP contribution >= 0.6 is 0 Å². The third-order valence-electron chi connectivity index (χ3n) is 6.65. The molecule has 2 aliphatic rings. The summed E-state index contributed by atoms with van der Waals surface area (Å²) < 4.78 is 56.4. The average molecular weight is 465 g/mol. The highest BCUT2D eigenvalue weighted by atomic mass is 19.4. The Hall–Kier alpha value is -2.91. The molecule has 1 fully saturated rings. The van der Waals surface area contributed by atoms with Crippen LogP contribution in [0.5, 0.6) is 0 Å². The first kappa shape index (κ1) is 23.3. The van der Waals surface area contributed by atoms with Gasteiger partial charge in [0.25, 0.3) is 0 Å². The lowest BCUT2D eigenvalue weighted by Gasteiger charge is -2.37. The second-order valence-electron chi connectivity index (χ2n) is 8.67. The van der Waals surface area contributed by atoms with Crippen molar-refractivity contribution >= 4 is 17.4 Å². The summed E-state index contributed by atoms with van der Waals surface area (Å²) >= 11 is 0. The number of amides is 1. The molecule has 1 aromatic carbocycles. The standard InChI is InChI=1S/C23H27F4N5O/c1-3-18(33)31-6-8-32(9-7-31)22-15-5-4-14(11-17(15)29-12-30-22)19-20(23(25,26)27)13(2)10-16(28)21(19)24/h10,12,14H,3-9,11,28H2,1-2H3/t14-/m1/s1. The highest BCUT2D eigenvalue weighted by molar-refractivity contribution is 5.76. The van der Waals surface area contributed by atoms with Crippen LogP contribution in [0.1, 0.15) is 53.6 Å². The lowest BCUT2D eigenvalue weighted by Crippen LogP contribution is -2.49. The SMILES string of the molecule is CCC(=O)N1CCN(c2ncnc3c2CC[C@@H](c2c(F)c(N)cc(C)c2C(F)(F)F)C3)CC1. The maximum absolute atomic E-state index is 14.9. The minimum atomic E-state index is -4.68. The Labute approximate surface area is 189 Å². The van der Waals surface area contributed by atoms with Gasteiger partial charge in [-0.25, -0.2) is 14.4 Å². The molecule has 10 heteroatoms. The van der Waals surface area contributed by atoms with Crippen LogP contribution in [-0.2, 0) is 23.8 Å². The number of benzene rings is 1. The van der Waals surface area contributed by atoms with Gasteiger partial charge >= 0.3 is 6.18 Å². The van der Waals surface area contributed by atoms with Crippen molar-refractivity contribution in [1.82, 2.24) is 14.9 Å². The van der Waals surface area contributed by atoms with E-state index in [4.69, 9.17) is 5.73 Å². The maximum atomic E-state index is 14.9. The lowest BCUT2D eigenvalue weighted by atomic mass is 9.79. The first-order valence-corrected chi connectivity index (χ1v) is 11.1. The molecule has 0 bridgehead atoms. The van der Waals surface area contributed by atoms with E-state index in [1.165, 1.54) is 13.3 Å². The zero-order valence-electron chi connectivity index (χ0n) is 18.7. The third kappa shape index (κ3) is 4.35. The van der Waals surface area contributed by atoms with Crippen LogP contribution < -0.4 is 10.6 Å². The zero-order valence-corrected chi connectivity index (χ0v) is 18.7. The molecule has 6 nitrogen and oxygen atoms in total. The highest BCUT2D eigenvalue weighted by Crippen LogP contribution is 2.44. The molecule has 1 amide bonds. The number of rotatable bonds is 3. The van der Waals surface area contributed by atoms with Gasteiger partial charge in [-0.05, 0) is 43.7 Å². The van der Waals surface area contributed by atoms with Crippen LogP contribution in [0.3, 0.4) is 0 Å². The van der Waals surface area contributed by atoms with Crippen molar-refractivity contribution in [1.29, 1.82) is 0 Å². The Kier molecular flexibility index (Phi) is 6.20. The summed E-state index contributed by atoms with van der Waals surface area (Å²) in [5, 5.41) is 0. The number of carbonyl (C=O) groups is 1. The summed E-state index contributed by atoms with van der Waals surface area (Å²) in [7, 11) is 0. The maximum Gasteiger partial charge on any atom is 0.417 e. The van der Waals surface area contributed by atoms with Gasteiger partial charge in [0, 0.05) is 49.4 Å². The van der Waals surface area contributed by atoms with Crippen molar-refractivity contribution in [3.05, 3.63) is 46.2 Å². The number of piperazine rings is 1. The van der Waals surface area contributed by atoms with E-state index in [2.05, 4.69) is 14.9 Å². The predicted octanol–water partition coefficient (Wildman–Crippen LogP) is 3.86. The van der Waals surface area contributed by atoms with Crippen molar-refractivity contribution in [2.75, 3.05) is 36.8 Å². The average Bonchev–Trinajstić information content (AvgIpc) is 2.79. The number of nitrogens with two attached hydrogens (primary N) is 1. The number of carbonyl (C=O) groups excluding carboxylic acids is 1. The molecule has 1 aliphatic carbocycles. The van der Waals surface area contributed by atoms with E-state index >= 15 is 0 Å². The number of halogens is 4. The number of hydrogen-bond donors (Lipinski definition) is 1. The first-order valence-electron chi connectivity index (χ1n) is 11.1. The van der Waals surface area contributed by atoms with Gasteiger partial charge in [-0.3, -0.25) is 4.79 Å². The van der Waals surface area contributed by atoms with Crippen molar-refractivity contribution in [2.24, 2.45) is 0 Å². The molecule has 0 unspecified atom stereocenters. The number of nitrogens with zero attached hydrogens (tertiary/aromatic N) is 4. The summed E-state index contributed by atoms with van der Waals surface area (Å²) in [5.74, 6) is -0.810. The van der Waals surface area contributed by atoms with E-state index in [1.807, 2.05) is 11.8 Å². The van der Waals surface area contributed by atoms with Gasteiger partial charge in [-0.1, -0.05) is 6.92 Å². The molecule has 1 aliphatic heterocycles. The molecule has 0 spiro atoms. The van der Waals surface area contributed by atoms with Gasteiger partial charge in [0.15, 0.2) is 0 Å². The Morgan fingerprint density at radius 2 is 1.91 bits per heavy atom. The summed E-state index contributed by atoms with van der Waals surface area (Å²) in [4.78, 5) is 24.6. The first-order chi connectivity index (χ1) is 15.6. The van der Waals surface area contributed by atoms with Crippen LogP contribution in [-0.4, -0.2) is 47.0 Å². The lowest BCUT2D eigenvalue weighted by molar-refractivity contribution is -0.139. The number of anilines is 2. The molecule has 0 saturated carbocycles. The summed E-state index contributed by atoms with van der Waals surface area (Å²) in [5.41, 5.74) is 5.57. The number of aromatic nitrogens is 2. The zero-order chi connectivity index (χ0) is 23.9. The highest BCUT2D eigenvalue weighted by Gasteiger charge is 2.40. The molecule has 1 aromatic heterocycles. The Morgan fingerprint density at radius 1 is 1.21 bits per heavy atom. The van der Waals surface area contributed by atoms with Crippen LogP contribution in [0, 0.1) is 12.7 Å². The van der Waals surface area contributed by atoms with Gasteiger partial charge in [0.1, 0.15) is 18.0 Å². The van der Waals surface area contributed by atoms with E-state index < -0.39 is 23.5 Å². The predicted molar refractivity (Wildman–Crippen MR) is 116 cm³/mol. The van der Waals surface area contributed by atoms with Crippen LogP contribution in [0.15, 0.2) is 12.4 Å². The van der Waals surface area contributed by atoms with Gasteiger partial charge in [-0.2, -0.15) is 13.2 Å². The number of aryl methyl sites for hydroxylation is 1. The summed E-state index contributed by atoms with van der Waals surface area (Å²) in [6.07, 6.45) is -1.85. The van der Waals surface area contributed by atoms with Gasteiger partial charge in [0.2, 0.25) is 5.91 Å². The third-order valence-corrected chi connectivity index (χ3v) is 6.65. The fraction of sp³-hybridized carbons (Fsp3) is 0.522. The molecule has 4 rings (SSSR count). The van der Waals surface area contributed by atoms with E-state index in [0.29, 0.717) is 51.1 Å². The van der Waals surface area contributed by atoms with E-state index in [9.17, 15) is 22.4 Å². The van der Waals surface area contributed by atoms with E-state index in [0.717, 1.165) is 17.4 Å². The van der Waals surface area contributed by atoms with E-state index in [-0.39, 0.29) is 29.1 Å². The van der Waals surface area contributed by atoms with Gasteiger partial charge < -0.3 is 15.5 Å². The Balaban J connectivity index is 1.63. The second-order valence-corrected chi connectivity index (χ2v) is 8.67. The van der Waals surface area contributed by atoms with Gasteiger partial charge in [0.05, 0.1) is 11.3 Å². The molecule has 178 valence electrons. The normalized spacial score (nSPS) is 18.9. The molecular formula is C23H27F4N5O. The van der Waals surface area contributed by atoms with Crippen molar-refractivity contribution in [3.63, 3.8) is 0 Å². The number of hydrogen-bond acceptors (Lipinski definition) is 5. The molecule has 0 radical (unpaired) electrons. The van der Waals surface area contributed by atoms with Gasteiger partial charge in [-0.15, -0.1) is 0 Å². The fourth-order valence-corrected chi connectivity index (χ4v) is 5.04. The molecule has 2 aromatic rings. The smallest absolute Gasteiger partial charge is 0.396 e. The van der Waals surface area contributed by atoms with Crippen molar-refractivity contribution in [3.8, 4) is 0 Å². The summed E-state index contributed by atoms with van der Waals surface area (Å²) in [6, 6.07) is 1.04. The minimum Gasteiger partial charge on any atom is -0.396 e. The second kappa shape index (κ2) is 8.79. The number of nitrogen functional groups attached to an aromatic ring is 1. The Bertz CT molecular complexity index is 1060. The largest absolute Gasteiger partial charge is 0.417 e. The molecule has 33 heavy (non-hydrogen) atoms. The fourth-order valence-electron chi connectivity index (χ4n) is 5.04. The van der Waals surface area contributed by atoms with Crippen LogP contribution in [0.2, 0.25) is 0 Å². The molecule has 1 saturated heterocycles. The number of alkyl halides is 3. The minimum absolute atomic E-state index is 0.0786. The molecule has 2 heterocycles. The van der Waals surface area contributed by atoms with E-state index in [1.54, 1.807) is 0 Å². The summed E-state index contributed by atoms with van der Waals surface area (Å²) in [6.45, 7) is 5.58. The van der Waals surface area contributed by atoms with Crippen molar-refractivity contribution < 1.29 is 22.4 Å². The topological polar surface area (TPSA) is 75.4 Å². The monoisotopic (exact) mass is 465 g/mol. The number of fused-ring (bicyclic) bond motifs is 1. The quantitative estimate of drug-likeness (QED) is 0.551. The van der Waals surface area contributed by atoms with Crippen LogP contribution in [0.25, 0.3) is 0 Å². The molecule has 1 atom stereocenters. The molecule has 2 N–H and O–H groups in total. The molecular weight excluding hydrogens is 438 g/mol.